The fraction of sp³-hybridized carbons (Fsp3) is 0.682. The Balaban J connectivity index is 1.49. The van der Waals surface area contributed by atoms with Gasteiger partial charge in [0.1, 0.15) is 5.60 Å². The number of fused-ring (bicyclic) bond motifs is 1. The molecule has 0 unspecified atom stereocenters. The molecule has 2 fully saturated rings. The Morgan fingerprint density at radius 3 is 2.72 bits per heavy atom. The fourth-order valence-electron chi connectivity index (χ4n) is 5.12. The SMILES string of the molecule is CCn1ncc2c(NC3CCN(C)CC3)c(C3=NOC4(CCCCC4)C3)cnc21. The minimum Gasteiger partial charge on any atom is -0.389 e. The zero-order chi connectivity index (χ0) is 19.8. The summed E-state index contributed by atoms with van der Waals surface area (Å²) in [5.41, 5.74) is 4.13. The molecule has 0 aromatic carbocycles. The Hall–Kier alpha value is -2.15. The number of hydrogen-bond donors (Lipinski definition) is 1. The maximum atomic E-state index is 6.05. The van der Waals surface area contributed by atoms with Crippen LogP contribution in [0.2, 0.25) is 0 Å². The third-order valence-corrected chi connectivity index (χ3v) is 6.95. The molecule has 1 saturated heterocycles. The van der Waals surface area contributed by atoms with Crippen molar-refractivity contribution in [1.82, 2.24) is 19.7 Å². The molecule has 29 heavy (non-hydrogen) atoms. The van der Waals surface area contributed by atoms with Gasteiger partial charge in [0.25, 0.3) is 0 Å². The number of nitrogens with one attached hydrogen (secondary N) is 1. The highest BCUT2D eigenvalue weighted by Gasteiger charge is 2.41. The number of aryl methyl sites for hydroxylation is 1. The number of piperidine rings is 1. The molecule has 1 saturated carbocycles. The van der Waals surface area contributed by atoms with Crippen molar-refractivity contribution in [2.75, 3.05) is 25.5 Å². The predicted octanol–water partition coefficient (Wildman–Crippen LogP) is 3.78. The van der Waals surface area contributed by atoms with Crippen LogP contribution in [0.1, 0.15) is 63.9 Å². The number of rotatable bonds is 4. The summed E-state index contributed by atoms with van der Waals surface area (Å²) in [6.07, 6.45) is 13.1. The van der Waals surface area contributed by atoms with Gasteiger partial charge in [0.15, 0.2) is 5.65 Å². The van der Waals surface area contributed by atoms with E-state index in [0.29, 0.717) is 6.04 Å². The molecular weight excluding hydrogens is 364 g/mol. The van der Waals surface area contributed by atoms with Gasteiger partial charge in [-0.05, 0) is 65.6 Å². The van der Waals surface area contributed by atoms with Crippen molar-refractivity contribution >= 4 is 22.4 Å². The summed E-state index contributed by atoms with van der Waals surface area (Å²) in [6, 6.07) is 0.465. The Labute approximate surface area is 172 Å². The van der Waals surface area contributed by atoms with Crippen LogP contribution in [0.4, 0.5) is 5.69 Å². The van der Waals surface area contributed by atoms with E-state index in [2.05, 4.69) is 34.4 Å². The molecule has 156 valence electrons. The van der Waals surface area contributed by atoms with Crippen molar-refractivity contribution in [1.29, 1.82) is 0 Å². The zero-order valence-corrected chi connectivity index (χ0v) is 17.7. The maximum absolute atomic E-state index is 6.05. The first kappa shape index (κ1) is 18.9. The number of anilines is 1. The van der Waals surface area contributed by atoms with Crippen molar-refractivity contribution in [3.8, 4) is 0 Å². The Morgan fingerprint density at radius 2 is 1.97 bits per heavy atom. The number of hydrogen-bond acceptors (Lipinski definition) is 6. The standard InChI is InChI=1S/C22H32N6O/c1-3-28-21-18(15-24-28)20(25-16-7-11-27(2)12-8-16)17(14-23-21)19-13-22(29-26-19)9-5-4-6-10-22/h14-16H,3-13H2,1-2H3,(H,23,25). The van der Waals surface area contributed by atoms with E-state index in [9.17, 15) is 0 Å². The monoisotopic (exact) mass is 396 g/mol. The van der Waals surface area contributed by atoms with Crippen LogP contribution < -0.4 is 5.32 Å². The molecule has 1 spiro atoms. The lowest BCUT2D eigenvalue weighted by atomic mass is 9.80. The van der Waals surface area contributed by atoms with Gasteiger partial charge in [-0.1, -0.05) is 11.6 Å². The molecular formula is C22H32N6O. The second-order valence-corrected chi connectivity index (χ2v) is 9.02. The second kappa shape index (κ2) is 7.59. The first-order chi connectivity index (χ1) is 14.2. The van der Waals surface area contributed by atoms with Gasteiger partial charge in [-0.15, -0.1) is 0 Å². The van der Waals surface area contributed by atoms with Crippen LogP contribution in [0.15, 0.2) is 17.5 Å². The largest absolute Gasteiger partial charge is 0.389 e. The van der Waals surface area contributed by atoms with E-state index in [-0.39, 0.29) is 5.60 Å². The highest BCUT2D eigenvalue weighted by Crippen LogP contribution is 2.41. The highest BCUT2D eigenvalue weighted by atomic mass is 16.7. The number of nitrogens with zero attached hydrogens (tertiary/aromatic N) is 5. The predicted molar refractivity (Wildman–Crippen MR) is 115 cm³/mol. The van der Waals surface area contributed by atoms with Gasteiger partial charge in [0, 0.05) is 30.8 Å². The molecule has 7 nitrogen and oxygen atoms in total. The van der Waals surface area contributed by atoms with Crippen LogP contribution in [0.25, 0.3) is 11.0 Å². The third kappa shape index (κ3) is 3.50. The molecule has 4 heterocycles. The summed E-state index contributed by atoms with van der Waals surface area (Å²) in [4.78, 5) is 13.2. The number of oxime groups is 1. The van der Waals surface area contributed by atoms with E-state index in [1.807, 2.05) is 17.1 Å². The first-order valence-corrected chi connectivity index (χ1v) is 11.2. The summed E-state index contributed by atoms with van der Waals surface area (Å²) < 4.78 is 1.97. The van der Waals surface area contributed by atoms with Gasteiger partial charge >= 0.3 is 0 Å². The van der Waals surface area contributed by atoms with Crippen molar-refractivity contribution < 1.29 is 4.84 Å². The molecule has 0 amide bonds. The Bertz CT molecular complexity index is 905. The van der Waals surface area contributed by atoms with E-state index in [0.717, 1.165) is 79.7 Å². The summed E-state index contributed by atoms with van der Waals surface area (Å²) in [5.74, 6) is 0. The van der Waals surface area contributed by atoms with Crippen molar-refractivity contribution in [2.45, 2.75) is 76.5 Å². The van der Waals surface area contributed by atoms with E-state index >= 15 is 0 Å². The van der Waals surface area contributed by atoms with E-state index in [1.165, 1.54) is 19.3 Å². The second-order valence-electron chi connectivity index (χ2n) is 9.02. The molecule has 2 aromatic rings. The lowest BCUT2D eigenvalue weighted by Crippen LogP contribution is -2.37. The molecule has 3 aliphatic rings. The first-order valence-electron chi connectivity index (χ1n) is 11.2. The van der Waals surface area contributed by atoms with Gasteiger partial charge in [-0.3, -0.25) is 0 Å². The van der Waals surface area contributed by atoms with E-state index < -0.39 is 0 Å². The lowest BCUT2D eigenvalue weighted by Gasteiger charge is -2.31. The number of aromatic nitrogens is 3. The normalized spacial score (nSPS) is 22.8. The summed E-state index contributed by atoms with van der Waals surface area (Å²) in [6.45, 7) is 5.18. The van der Waals surface area contributed by atoms with Gasteiger partial charge < -0.3 is 15.1 Å². The van der Waals surface area contributed by atoms with Crippen LogP contribution >= 0.6 is 0 Å². The van der Waals surface area contributed by atoms with Crippen molar-refractivity contribution in [3.63, 3.8) is 0 Å². The lowest BCUT2D eigenvalue weighted by molar-refractivity contribution is -0.0449. The van der Waals surface area contributed by atoms with E-state index in [4.69, 9.17) is 9.82 Å². The summed E-state index contributed by atoms with van der Waals surface area (Å²) in [5, 5.41) is 14.1. The van der Waals surface area contributed by atoms with Crippen LogP contribution in [0, 0.1) is 0 Å². The number of likely N-dealkylation sites (tertiary alicyclic amines) is 1. The van der Waals surface area contributed by atoms with Crippen molar-refractivity contribution in [2.24, 2.45) is 5.16 Å². The quantitative estimate of drug-likeness (QED) is 0.852. The molecule has 0 atom stereocenters. The molecule has 7 heteroatoms. The average Bonchev–Trinajstić information content (AvgIpc) is 3.35. The van der Waals surface area contributed by atoms with Crippen LogP contribution in [0.5, 0.6) is 0 Å². The molecule has 1 aliphatic carbocycles. The average molecular weight is 397 g/mol. The van der Waals surface area contributed by atoms with Crippen LogP contribution in [0.3, 0.4) is 0 Å². The molecule has 2 aliphatic heterocycles. The molecule has 5 rings (SSSR count). The topological polar surface area (TPSA) is 67.6 Å². The van der Waals surface area contributed by atoms with Crippen LogP contribution in [-0.4, -0.2) is 57.2 Å². The zero-order valence-electron chi connectivity index (χ0n) is 17.7. The van der Waals surface area contributed by atoms with Gasteiger partial charge in [-0.25, -0.2) is 9.67 Å². The smallest absolute Gasteiger partial charge is 0.159 e. The maximum Gasteiger partial charge on any atom is 0.159 e. The summed E-state index contributed by atoms with van der Waals surface area (Å²) >= 11 is 0. The Kier molecular flexibility index (Phi) is 4.94. The molecule has 0 bridgehead atoms. The minimum atomic E-state index is -0.0824. The number of pyridine rings is 1. The van der Waals surface area contributed by atoms with Crippen LogP contribution in [-0.2, 0) is 11.4 Å². The van der Waals surface area contributed by atoms with Gasteiger partial charge in [0.2, 0.25) is 0 Å². The molecule has 0 radical (unpaired) electrons. The van der Waals surface area contributed by atoms with Gasteiger partial charge in [-0.2, -0.15) is 5.10 Å². The van der Waals surface area contributed by atoms with Gasteiger partial charge in [0.05, 0.1) is 23.0 Å². The van der Waals surface area contributed by atoms with E-state index in [1.54, 1.807) is 0 Å². The third-order valence-electron chi connectivity index (χ3n) is 6.95. The molecule has 2 aromatic heterocycles. The van der Waals surface area contributed by atoms with Crippen molar-refractivity contribution in [3.05, 3.63) is 18.0 Å². The minimum absolute atomic E-state index is 0.0824. The Morgan fingerprint density at radius 1 is 1.17 bits per heavy atom. The highest BCUT2D eigenvalue weighted by molar-refractivity contribution is 6.10. The fourth-order valence-corrected chi connectivity index (χ4v) is 5.12. The summed E-state index contributed by atoms with van der Waals surface area (Å²) in [7, 11) is 2.20. The molecule has 1 N–H and O–H groups in total.